The van der Waals surface area contributed by atoms with E-state index in [0.717, 1.165) is 19.4 Å². The van der Waals surface area contributed by atoms with Gasteiger partial charge in [0.2, 0.25) is 5.91 Å². The standard InChI is InChI=1S/C18H31N3O2/c22-17(16-8-2-1-3-9-16)20-10-12-21(13-11-20)18(23)19-14-15-6-4-5-7-15/h15-16H,1-14H2,(H,19,23). The average molecular weight is 321 g/mol. The Morgan fingerprint density at radius 3 is 2.00 bits per heavy atom. The summed E-state index contributed by atoms with van der Waals surface area (Å²) >= 11 is 0. The van der Waals surface area contributed by atoms with Gasteiger partial charge in [0.15, 0.2) is 0 Å². The van der Waals surface area contributed by atoms with E-state index in [0.29, 0.717) is 38.0 Å². The summed E-state index contributed by atoms with van der Waals surface area (Å²) in [7, 11) is 0. The van der Waals surface area contributed by atoms with Gasteiger partial charge < -0.3 is 15.1 Å². The van der Waals surface area contributed by atoms with E-state index in [4.69, 9.17) is 0 Å². The smallest absolute Gasteiger partial charge is 0.317 e. The van der Waals surface area contributed by atoms with Crippen LogP contribution in [-0.4, -0.2) is 54.5 Å². The summed E-state index contributed by atoms with van der Waals surface area (Å²) in [5, 5.41) is 3.09. The number of nitrogens with zero attached hydrogens (tertiary/aromatic N) is 2. The minimum absolute atomic E-state index is 0.0571. The molecule has 0 aromatic rings. The number of carbonyl (C=O) groups is 2. The molecular formula is C18H31N3O2. The van der Waals surface area contributed by atoms with Gasteiger partial charge in [0, 0.05) is 38.6 Å². The summed E-state index contributed by atoms with van der Waals surface area (Å²) in [4.78, 5) is 28.6. The molecule has 23 heavy (non-hydrogen) atoms. The number of urea groups is 1. The van der Waals surface area contributed by atoms with Crippen LogP contribution in [0.4, 0.5) is 4.79 Å². The molecule has 3 amide bonds. The summed E-state index contributed by atoms with van der Waals surface area (Å²) in [6, 6.07) is 0.0571. The van der Waals surface area contributed by atoms with Gasteiger partial charge >= 0.3 is 6.03 Å². The number of hydrogen-bond acceptors (Lipinski definition) is 2. The first kappa shape index (κ1) is 16.6. The molecule has 130 valence electrons. The molecule has 1 aliphatic heterocycles. The Bertz CT molecular complexity index is 406. The number of piperazine rings is 1. The van der Waals surface area contributed by atoms with E-state index in [2.05, 4.69) is 5.32 Å². The van der Waals surface area contributed by atoms with Gasteiger partial charge in [-0.05, 0) is 31.6 Å². The van der Waals surface area contributed by atoms with Crippen LogP contribution in [0.15, 0.2) is 0 Å². The monoisotopic (exact) mass is 321 g/mol. The molecule has 0 unspecified atom stereocenters. The van der Waals surface area contributed by atoms with E-state index in [-0.39, 0.29) is 11.9 Å². The van der Waals surface area contributed by atoms with Crippen LogP contribution in [0.5, 0.6) is 0 Å². The van der Waals surface area contributed by atoms with Crippen molar-refractivity contribution in [3.63, 3.8) is 0 Å². The fraction of sp³-hybridized carbons (Fsp3) is 0.889. The molecular weight excluding hydrogens is 290 g/mol. The Labute approximate surface area is 139 Å². The first-order valence-electron chi connectivity index (χ1n) is 9.55. The Balaban J connectivity index is 1.38. The van der Waals surface area contributed by atoms with E-state index in [1.54, 1.807) is 0 Å². The predicted octanol–water partition coefficient (Wildman–Crippen LogP) is 2.61. The van der Waals surface area contributed by atoms with Gasteiger partial charge in [0.1, 0.15) is 0 Å². The minimum Gasteiger partial charge on any atom is -0.339 e. The molecule has 2 saturated carbocycles. The number of amides is 3. The van der Waals surface area contributed by atoms with Gasteiger partial charge in [-0.3, -0.25) is 4.79 Å². The largest absolute Gasteiger partial charge is 0.339 e. The van der Waals surface area contributed by atoms with Crippen molar-refractivity contribution >= 4 is 11.9 Å². The van der Waals surface area contributed by atoms with Crippen molar-refractivity contribution in [1.82, 2.24) is 15.1 Å². The minimum atomic E-state index is 0.0571. The SMILES string of the molecule is O=C(NCC1CCCC1)N1CCN(C(=O)C2CCCCC2)CC1. The molecule has 0 radical (unpaired) electrons. The molecule has 0 bridgehead atoms. The molecule has 2 aliphatic carbocycles. The predicted molar refractivity (Wildman–Crippen MR) is 90.1 cm³/mol. The first-order chi connectivity index (χ1) is 11.2. The highest BCUT2D eigenvalue weighted by Crippen LogP contribution is 2.26. The van der Waals surface area contributed by atoms with Crippen molar-refractivity contribution < 1.29 is 9.59 Å². The van der Waals surface area contributed by atoms with E-state index in [1.807, 2.05) is 9.80 Å². The number of carbonyl (C=O) groups excluding carboxylic acids is 2. The van der Waals surface area contributed by atoms with Crippen molar-refractivity contribution in [2.45, 2.75) is 57.8 Å². The second kappa shape index (κ2) is 8.02. The third-order valence-electron chi connectivity index (χ3n) is 5.85. The lowest BCUT2D eigenvalue weighted by Gasteiger charge is -2.37. The highest BCUT2D eigenvalue weighted by atomic mass is 16.2. The Hall–Kier alpha value is -1.26. The molecule has 3 aliphatic rings. The molecule has 1 N–H and O–H groups in total. The van der Waals surface area contributed by atoms with Gasteiger partial charge in [0.25, 0.3) is 0 Å². The Kier molecular flexibility index (Phi) is 5.79. The van der Waals surface area contributed by atoms with Crippen molar-refractivity contribution in [3.8, 4) is 0 Å². The molecule has 5 nitrogen and oxygen atoms in total. The second-order valence-electron chi connectivity index (χ2n) is 7.48. The van der Waals surface area contributed by atoms with Crippen molar-refractivity contribution in [1.29, 1.82) is 0 Å². The van der Waals surface area contributed by atoms with Crippen LogP contribution in [0.25, 0.3) is 0 Å². The fourth-order valence-electron chi connectivity index (χ4n) is 4.30. The second-order valence-corrected chi connectivity index (χ2v) is 7.48. The lowest BCUT2D eigenvalue weighted by atomic mass is 9.88. The maximum Gasteiger partial charge on any atom is 0.317 e. The van der Waals surface area contributed by atoms with Gasteiger partial charge in [0.05, 0.1) is 0 Å². The van der Waals surface area contributed by atoms with E-state index in [9.17, 15) is 9.59 Å². The van der Waals surface area contributed by atoms with Crippen LogP contribution in [0.3, 0.4) is 0 Å². The highest BCUT2D eigenvalue weighted by Gasteiger charge is 2.29. The van der Waals surface area contributed by atoms with Crippen LogP contribution in [0, 0.1) is 11.8 Å². The van der Waals surface area contributed by atoms with E-state index in [1.165, 1.54) is 44.9 Å². The van der Waals surface area contributed by atoms with Crippen LogP contribution in [0.2, 0.25) is 0 Å². The maximum absolute atomic E-state index is 12.5. The van der Waals surface area contributed by atoms with Crippen LogP contribution < -0.4 is 5.32 Å². The quantitative estimate of drug-likeness (QED) is 0.869. The molecule has 3 fully saturated rings. The Morgan fingerprint density at radius 1 is 0.783 bits per heavy atom. The molecule has 0 aromatic heterocycles. The molecule has 1 heterocycles. The molecule has 0 atom stereocenters. The zero-order chi connectivity index (χ0) is 16.1. The number of rotatable bonds is 3. The topological polar surface area (TPSA) is 52.7 Å². The zero-order valence-electron chi connectivity index (χ0n) is 14.3. The molecule has 5 heteroatoms. The van der Waals surface area contributed by atoms with Gasteiger partial charge in [-0.25, -0.2) is 4.79 Å². The van der Waals surface area contributed by atoms with Crippen LogP contribution in [-0.2, 0) is 4.79 Å². The maximum atomic E-state index is 12.5. The van der Waals surface area contributed by atoms with Crippen molar-refractivity contribution in [3.05, 3.63) is 0 Å². The summed E-state index contributed by atoms with van der Waals surface area (Å²) in [6.45, 7) is 3.57. The fourth-order valence-corrected chi connectivity index (χ4v) is 4.30. The van der Waals surface area contributed by atoms with Gasteiger partial charge in [-0.15, -0.1) is 0 Å². The van der Waals surface area contributed by atoms with Crippen LogP contribution >= 0.6 is 0 Å². The molecule has 0 spiro atoms. The number of hydrogen-bond donors (Lipinski definition) is 1. The zero-order valence-corrected chi connectivity index (χ0v) is 14.3. The highest BCUT2D eigenvalue weighted by molar-refractivity contribution is 5.79. The third-order valence-corrected chi connectivity index (χ3v) is 5.85. The summed E-state index contributed by atoms with van der Waals surface area (Å²) in [5.74, 6) is 1.25. The first-order valence-corrected chi connectivity index (χ1v) is 9.55. The normalized spacial score (nSPS) is 24.0. The van der Waals surface area contributed by atoms with Crippen molar-refractivity contribution in [2.24, 2.45) is 11.8 Å². The summed E-state index contributed by atoms with van der Waals surface area (Å²) < 4.78 is 0. The summed E-state index contributed by atoms with van der Waals surface area (Å²) in [6.07, 6.45) is 10.9. The molecule has 1 saturated heterocycles. The molecule has 3 rings (SSSR count). The number of nitrogens with one attached hydrogen (secondary N) is 1. The van der Waals surface area contributed by atoms with Crippen LogP contribution in [0.1, 0.15) is 57.8 Å². The van der Waals surface area contributed by atoms with Crippen molar-refractivity contribution in [2.75, 3.05) is 32.7 Å². The summed E-state index contributed by atoms with van der Waals surface area (Å²) in [5.41, 5.74) is 0. The van der Waals surface area contributed by atoms with Gasteiger partial charge in [-0.1, -0.05) is 32.1 Å². The third kappa shape index (κ3) is 4.39. The Morgan fingerprint density at radius 2 is 1.35 bits per heavy atom. The average Bonchev–Trinajstić information content (AvgIpc) is 3.13. The van der Waals surface area contributed by atoms with E-state index >= 15 is 0 Å². The molecule has 0 aromatic carbocycles. The lowest BCUT2D eigenvalue weighted by Crippen LogP contribution is -2.54. The van der Waals surface area contributed by atoms with E-state index < -0.39 is 0 Å². The lowest BCUT2D eigenvalue weighted by molar-refractivity contribution is -0.138. The van der Waals surface area contributed by atoms with Gasteiger partial charge in [-0.2, -0.15) is 0 Å².